The van der Waals surface area contributed by atoms with E-state index in [1.54, 1.807) is 6.07 Å². The average Bonchev–Trinajstić information content (AvgIpc) is 3.01. The first-order chi connectivity index (χ1) is 11.3. The van der Waals surface area contributed by atoms with Gasteiger partial charge in [0.25, 0.3) is 11.8 Å². The van der Waals surface area contributed by atoms with Gasteiger partial charge in [0.2, 0.25) is 0 Å². The molecule has 1 amide bonds. The zero-order chi connectivity index (χ0) is 17.7. The number of furan rings is 1. The lowest BCUT2D eigenvalue weighted by atomic mass is 10.1. The van der Waals surface area contributed by atoms with Crippen LogP contribution in [0.25, 0.3) is 0 Å². The summed E-state index contributed by atoms with van der Waals surface area (Å²) in [5.41, 5.74) is 7.03. The number of rotatable bonds is 7. The molecule has 0 unspecified atom stereocenters. The third kappa shape index (κ3) is 6.03. The molecule has 1 aromatic carbocycles. The zero-order valence-electron chi connectivity index (χ0n) is 14.0. The number of alkyl halides is 2. The molecule has 0 atom stereocenters. The third-order valence-corrected chi connectivity index (χ3v) is 3.39. The first-order valence-electron chi connectivity index (χ1n) is 7.45. The number of carbonyl (C=O) groups is 1. The van der Waals surface area contributed by atoms with E-state index in [0.717, 1.165) is 11.1 Å². The van der Waals surface area contributed by atoms with Gasteiger partial charge in [-0.15, -0.1) is 12.4 Å². The van der Waals surface area contributed by atoms with Gasteiger partial charge in [-0.1, -0.05) is 17.7 Å². The molecule has 3 N–H and O–H groups in total. The summed E-state index contributed by atoms with van der Waals surface area (Å²) >= 11 is 0. The summed E-state index contributed by atoms with van der Waals surface area (Å²) in [5.74, 6) is -2.78. The van der Waals surface area contributed by atoms with Crippen LogP contribution in [0.15, 0.2) is 34.7 Å². The lowest BCUT2D eigenvalue weighted by molar-refractivity contribution is 0.0115. The Kier molecular flexibility index (Phi) is 7.38. The Balaban J connectivity index is 0.00000312. The van der Waals surface area contributed by atoms with Crippen LogP contribution in [0.4, 0.5) is 8.78 Å². The van der Waals surface area contributed by atoms with Crippen molar-refractivity contribution < 1.29 is 22.7 Å². The number of aryl methyl sites for hydroxylation is 2. The molecule has 0 spiro atoms. The zero-order valence-corrected chi connectivity index (χ0v) is 14.8. The van der Waals surface area contributed by atoms with E-state index in [-0.39, 0.29) is 24.8 Å². The molecule has 0 radical (unpaired) electrons. The van der Waals surface area contributed by atoms with E-state index >= 15 is 0 Å². The molecule has 0 saturated carbocycles. The van der Waals surface area contributed by atoms with E-state index in [2.05, 4.69) is 5.32 Å². The number of ether oxygens (including phenoxy) is 1. The average molecular weight is 375 g/mol. The maximum Gasteiger partial charge on any atom is 0.287 e. The molecule has 8 heteroatoms. The molecule has 0 aliphatic carbocycles. The molecule has 0 bridgehead atoms. The van der Waals surface area contributed by atoms with Gasteiger partial charge in [0.15, 0.2) is 5.76 Å². The van der Waals surface area contributed by atoms with E-state index in [9.17, 15) is 13.6 Å². The normalized spacial score (nSPS) is 10.9. The molecule has 0 aliphatic rings. The van der Waals surface area contributed by atoms with E-state index < -0.39 is 24.9 Å². The fourth-order valence-corrected chi connectivity index (χ4v) is 2.06. The van der Waals surface area contributed by atoms with Crippen LogP contribution >= 0.6 is 12.4 Å². The van der Waals surface area contributed by atoms with Gasteiger partial charge in [-0.25, -0.2) is 8.78 Å². The fraction of sp³-hybridized carbons (Fsp3) is 0.353. The van der Waals surface area contributed by atoms with Gasteiger partial charge in [0.1, 0.15) is 18.1 Å². The minimum atomic E-state index is -3.14. The number of hydrogen-bond donors (Lipinski definition) is 2. The Bertz CT molecular complexity index is 720. The predicted octanol–water partition coefficient (Wildman–Crippen LogP) is 3.22. The Labute approximate surface area is 150 Å². The van der Waals surface area contributed by atoms with E-state index in [1.807, 2.05) is 32.0 Å². The second-order valence-corrected chi connectivity index (χ2v) is 5.57. The summed E-state index contributed by atoms with van der Waals surface area (Å²) in [5, 5.41) is 2.09. The van der Waals surface area contributed by atoms with Gasteiger partial charge in [0, 0.05) is 0 Å². The Morgan fingerprint density at radius 1 is 1.28 bits per heavy atom. The largest absolute Gasteiger partial charge is 0.485 e. The number of nitrogens with one attached hydrogen (secondary N) is 1. The van der Waals surface area contributed by atoms with E-state index in [4.69, 9.17) is 14.9 Å². The molecule has 25 heavy (non-hydrogen) atoms. The molecule has 0 fully saturated rings. The highest BCUT2D eigenvalue weighted by Crippen LogP contribution is 2.20. The van der Waals surface area contributed by atoms with Crippen molar-refractivity contribution in [2.75, 3.05) is 13.1 Å². The summed E-state index contributed by atoms with van der Waals surface area (Å²) in [4.78, 5) is 11.8. The molecule has 5 nitrogen and oxygen atoms in total. The quantitative estimate of drug-likeness (QED) is 0.780. The molecule has 1 aromatic heterocycles. The van der Waals surface area contributed by atoms with Crippen LogP contribution in [0.5, 0.6) is 5.75 Å². The highest BCUT2D eigenvalue weighted by Gasteiger charge is 2.27. The monoisotopic (exact) mass is 374 g/mol. The highest BCUT2D eigenvalue weighted by molar-refractivity contribution is 5.91. The van der Waals surface area contributed by atoms with Gasteiger partial charge in [-0.2, -0.15) is 0 Å². The maximum atomic E-state index is 13.0. The lowest BCUT2D eigenvalue weighted by Crippen LogP contribution is -2.41. The third-order valence-electron chi connectivity index (χ3n) is 3.39. The second kappa shape index (κ2) is 8.82. The Morgan fingerprint density at radius 2 is 2.00 bits per heavy atom. The molecule has 1 heterocycles. The van der Waals surface area contributed by atoms with Crippen LogP contribution in [0.3, 0.4) is 0 Å². The minimum absolute atomic E-state index is 0. The highest BCUT2D eigenvalue weighted by atomic mass is 35.5. The number of carbonyl (C=O) groups excluding carboxylic acids is 1. The summed E-state index contributed by atoms with van der Waals surface area (Å²) in [6.45, 7) is 2.39. The van der Waals surface area contributed by atoms with Gasteiger partial charge in [-0.3, -0.25) is 4.79 Å². The van der Waals surface area contributed by atoms with Crippen LogP contribution in [0.2, 0.25) is 0 Å². The number of halogens is 3. The maximum absolute atomic E-state index is 13.0. The number of nitrogens with two attached hydrogens (primary N) is 1. The molecule has 0 aliphatic heterocycles. The predicted molar refractivity (Wildman–Crippen MR) is 92.5 cm³/mol. The van der Waals surface area contributed by atoms with Crippen LogP contribution in [0.1, 0.15) is 27.4 Å². The summed E-state index contributed by atoms with van der Waals surface area (Å²) in [6, 6.07) is 8.77. The summed E-state index contributed by atoms with van der Waals surface area (Å²) in [6.07, 6.45) is 0. The van der Waals surface area contributed by atoms with Crippen molar-refractivity contribution in [2.45, 2.75) is 26.4 Å². The van der Waals surface area contributed by atoms with Crippen molar-refractivity contribution >= 4 is 18.3 Å². The van der Waals surface area contributed by atoms with Crippen molar-refractivity contribution in [1.82, 2.24) is 5.32 Å². The first-order valence-corrected chi connectivity index (χ1v) is 7.45. The summed E-state index contributed by atoms with van der Waals surface area (Å²) in [7, 11) is 0. The molecule has 2 aromatic rings. The van der Waals surface area contributed by atoms with Crippen LogP contribution in [0, 0.1) is 13.8 Å². The van der Waals surface area contributed by atoms with Gasteiger partial charge >= 0.3 is 0 Å². The Morgan fingerprint density at radius 3 is 2.64 bits per heavy atom. The number of hydrogen-bond acceptors (Lipinski definition) is 4. The van der Waals surface area contributed by atoms with Crippen molar-refractivity contribution in [3.8, 4) is 5.75 Å². The van der Waals surface area contributed by atoms with E-state index in [1.165, 1.54) is 6.07 Å². The number of amides is 1. The molecular formula is C17H21ClF2N2O3. The number of benzene rings is 1. The van der Waals surface area contributed by atoms with Crippen molar-refractivity contribution in [3.05, 3.63) is 53.0 Å². The first kappa shape index (κ1) is 20.9. The van der Waals surface area contributed by atoms with Gasteiger partial charge in [-0.05, 0) is 37.6 Å². The smallest absolute Gasteiger partial charge is 0.287 e. The fourth-order valence-electron chi connectivity index (χ4n) is 2.06. The molecular weight excluding hydrogens is 354 g/mol. The lowest BCUT2D eigenvalue weighted by Gasteiger charge is -2.13. The van der Waals surface area contributed by atoms with Crippen molar-refractivity contribution in [2.24, 2.45) is 5.73 Å². The van der Waals surface area contributed by atoms with Crippen LogP contribution < -0.4 is 15.8 Å². The van der Waals surface area contributed by atoms with Gasteiger partial charge in [0.05, 0.1) is 13.1 Å². The molecule has 2 rings (SSSR count). The van der Waals surface area contributed by atoms with Crippen molar-refractivity contribution in [1.29, 1.82) is 0 Å². The van der Waals surface area contributed by atoms with E-state index in [0.29, 0.717) is 11.5 Å². The second-order valence-electron chi connectivity index (χ2n) is 5.57. The van der Waals surface area contributed by atoms with Crippen molar-refractivity contribution in [3.63, 3.8) is 0 Å². The van der Waals surface area contributed by atoms with Crippen LogP contribution in [-0.4, -0.2) is 24.9 Å². The topological polar surface area (TPSA) is 77.5 Å². The Hall–Kier alpha value is -2.12. The molecule has 0 saturated heterocycles. The minimum Gasteiger partial charge on any atom is -0.485 e. The standard InChI is InChI=1S/C17H20F2N2O3.ClH/c1-11-3-5-14(12(2)7-11)23-8-13-4-6-15(24-13)16(22)21-10-17(18,19)9-20;/h3-7H,8-10,20H2,1-2H3,(H,21,22);1H. The van der Waals surface area contributed by atoms with Gasteiger partial charge < -0.3 is 20.2 Å². The SMILES string of the molecule is Cc1ccc(OCc2ccc(C(=O)NCC(F)(F)CN)o2)c(C)c1.Cl. The molecule has 138 valence electrons. The van der Waals surface area contributed by atoms with Crippen LogP contribution in [-0.2, 0) is 6.61 Å². The summed E-state index contributed by atoms with van der Waals surface area (Å²) < 4.78 is 37.0.